The first-order chi connectivity index (χ1) is 19.7. The Hall–Kier alpha value is -4.89. The van der Waals surface area contributed by atoms with Crippen LogP contribution in [0.2, 0.25) is 0 Å². The third kappa shape index (κ3) is 5.32. The first-order valence-electron chi connectivity index (χ1n) is 12.9. The SMILES string of the molecule is C[C@H](Sc1nnc(CNc2cccc3ccccc23)n1-c1ccccc1)C(=O)N/N=C\c1c[nH]c2ccccc12. The largest absolute Gasteiger partial charge is 0.377 e. The van der Waals surface area contributed by atoms with Gasteiger partial charge in [-0.2, -0.15) is 5.10 Å². The Balaban J connectivity index is 1.18. The van der Waals surface area contributed by atoms with E-state index >= 15 is 0 Å². The summed E-state index contributed by atoms with van der Waals surface area (Å²) in [5.74, 6) is 0.519. The molecule has 0 aliphatic rings. The second kappa shape index (κ2) is 11.5. The monoisotopic (exact) mass is 545 g/mol. The number of aromatic nitrogens is 4. The Morgan fingerprint density at radius 2 is 1.70 bits per heavy atom. The molecule has 2 heterocycles. The van der Waals surface area contributed by atoms with Gasteiger partial charge >= 0.3 is 0 Å². The molecule has 0 aliphatic carbocycles. The molecule has 0 aliphatic heterocycles. The molecule has 0 bridgehead atoms. The number of benzene rings is 4. The molecule has 6 aromatic rings. The lowest BCUT2D eigenvalue weighted by atomic mass is 10.1. The number of hydrogen-bond donors (Lipinski definition) is 3. The first kappa shape index (κ1) is 25.4. The molecule has 3 N–H and O–H groups in total. The van der Waals surface area contributed by atoms with Gasteiger partial charge in [0.2, 0.25) is 0 Å². The van der Waals surface area contributed by atoms with Crippen molar-refractivity contribution >= 4 is 51.2 Å². The minimum Gasteiger partial charge on any atom is -0.377 e. The normalized spacial score (nSPS) is 12.2. The number of carbonyl (C=O) groups is 1. The Labute approximate surface area is 235 Å². The highest BCUT2D eigenvalue weighted by atomic mass is 32.2. The summed E-state index contributed by atoms with van der Waals surface area (Å²) in [4.78, 5) is 16.1. The molecule has 0 saturated heterocycles. The summed E-state index contributed by atoms with van der Waals surface area (Å²) in [6.45, 7) is 2.30. The molecule has 6 rings (SSSR count). The lowest BCUT2D eigenvalue weighted by Gasteiger charge is -2.14. The number of amides is 1. The summed E-state index contributed by atoms with van der Waals surface area (Å²) >= 11 is 1.34. The highest BCUT2D eigenvalue weighted by Gasteiger charge is 2.21. The third-order valence-electron chi connectivity index (χ3n) is 6.59. The summed E-state index contributed by atoms with van der Waals surface area (Å²) in [5, 5.41) is 20.2. The molecule has 0 unspecified atom stereocenters. The highest BCUT2D eigenvalue weighted by molar-refractivity contribution is 8.00. The Kier molecular flexibility index (Phi) is 7.28. The Bertz CT molecular complexity index is 1800. The number of aromatic amines is 1. The first-order valence-corrected chi connectivity index (χ1v) is 13.8. The number of para-hydroxylation sites is 2. The van der Waals surface area contributed by atoms with E-state index in [2.05, 4.69) is 55.3 Å². The zero-order valence-corrected chi connectivity index (χ0v) is 22.6. The Morgan fingerprint density at radius 1 is 0.950 bits per heavy atom. The van der Waals surface area contributed by atoms with Crippen LogP contribution in [0.5, 0.6) is 0 Å². The van der Waals surface area contributed by atoms with Gasteiger partial charge in [-0.25, -0.2) is 5.43 Å². The second-order valence-electron chi connectivity index (χ2n) is 9.23. The number of nitrogens with zero attached hydrogens (tertiary/aromatic N) is 4. The van der Waals surface area contributed by atoms with Crippen LogP contribution >= 0.6 is 11.8 Å². The fraction of sp³-hybridized carbons (Fsp3) is 0.0968. The fourth-order valence-corrected chi connectivity index (χ4v) is 5.43. The van der Waals surface area contributed by atoms with E-state index in [4.69, 9.17) is 0 Å². The zero-order chi connectivity index (χ0) is 27.3. The van der Waals surface area contributed by atoms with Crippen molar-refractivity contribution in [3.05, 3.63) is 115 Å². The van der Waals surface area contributed by atoms with Gasteiger partial charge in [-0.15, -0.1) is 10.2 Å². The van der Waals surface area contributed by atoms with Crippen molar-refractivity contribution < 1.29 is 4.79 Å². The fourth-order valence-electron chi connectivity index (χ4n) is 4.55. The maximum atomic E-state index is 12.9. The van der Waals surface area contributed by atoms with Gasteiger partial charge in [-0.1, -0.05) is 84.6 Å². The van der Waals surface area contributed by atoms with E-state index in [0.717, 1.165) is 39.1 Å². The summed E-state index contributed by atoms with van der Waals surface area (Å²) in [5.41, 5.74) is 6.54. The summed E-state index contributed by atoms with van der Waals surface area (Å²) in [7, 11) is 0. The zero-order valence-electron chi connectivity index (χ0n) is 21.8. The third-order valence-corrected chi connectivity index (χ3v) is 7.64. The van der Waals surface area contributed by atoms with Gasteiger partial charge in [-0.05, 0) is 36.6 Å². The molecule has 0 saturated carbocycles. The predicted molar refractivity (Wildman–Crippen MR) is 162 cm³/mol. The van der Waals surface area contributed by atoms with E-state index in [-0.39, 0.29) is 5.91 Å². The van der Waals surface area contributed by atoms with Crippen LogP contribution in [0.15, 0.2) is 114 Å². The molecule has 1 amide bonds. The number of hydrazone groups is 1. The number of H-pyrrole nitrogens is 1. The van der Waals surface area contributed by atoms with Crippen molar-refractivity contribution in [3.63, 3.8) is 0 Å². The minimum absolute atomic E-state index is 0.223. The lowest BCUT2D eigenvalue weighted by molar-refractivity contribution is -0.120. The van der Waals surface area contributed by atoms with E-state index in [1.807, 2.05) is 90.5 Å². The maximum absolute atomic E-state index is 12.9. The number of hydrogen-bond acceptors (Lipinski definition) is 6. The maximum Gasteiger partial charge on any atom is 0.253 e. The minimum atomic E-state index is -0.453. The second-order valence-corrected chi connectivity index (χ2v) is 10.5. The van der Waals surface area contributed by atoms with Crippen LogP contribution in [0.4, 0.5) is 5.69 Å². The van der Waals surface area contributed by atoms with Gasteiger partial charge in [0.25, 0.3) is 5.91 Å². The van der Waals surface area contributed by atoms with Crippen LogP contribution in [0.25, 0.3) is 27.4 Å². The van der Waals surface area contributed by atoms with E-state index in [0.29, 0.717) is 11.7 Å². The van der Waals surface area contributed by atoms with Crippen molar-refractivity contribution in [1.29, 1.82) is 0 Å². The Morgan fingerprint density at radius 3 is 2.58 bits per heavy atom. The topological polar surface area (TPSA) is 100.0 Å². The quantitative estimate of drug-likeness (QED) is 0.115. The van der Waals surface area contributed by atoms with Gasteiger partial charge in [-0.3, -0.25) is 9.36 Å². The van der Waals surface area contributed by atoms with Gasteiger partial charge in [0.05, 0.1) is 18.0 Å². The molecule has 4 aromatic carbocycles. The molecule has 2 aromatic heterocycles. The van der Waals surface area contributed by atoms with Crippen LogP contribution < -0.4 is 10.7 Å². The van der Waals surface area contributed by atoms with Gasteiger partial charge in [0, 0.05) is 39.4 Å². The van der Waals surface area contributed by atoms with Crippen molar-refractivity contribution in [2.75, 3.05) is 5.32 Å². The highest BCUT2D eigenvalue weighted by Crippen LogP contribution is 2.28. The van der Waals surface area contributed by atoms with E-state index in [1.54, 1.807) is 6.21 Å². The summed E-state index contributed by atoms with van der Waals surface area (Å²) in [6.07, 6.45) is 3.52. The summed E-state index contributed by atoms with van der Waals surface area (Å²) in [6, 6.07) is 32.3. The number of carbonyl (C=O) groups excluding carboxylic acids is 1. The van der Waals surface area contributed by atoms with Gasteiger partial charge in [0.15, 0.2) is 11.0 Å². The van der Waals surface area contributed by atoms with E-state index in [1.165, 1.54) is 17.1 Å². The van der Waals surface area contributed by atoms with Crippen molar-refractivity contribution in [2.24, 2.45) is 5.10 Å². The van der Waals surface area contributed by atoms with E-state index < -0.39 is 5.25 Å². The molecule has 8 nitrogen and oxygen atoms in total. The molecule has 0 spiro atoms. The number of thioether (sulfide) groups is 1. The molecule has 40 heavy (non-hydrogen) atoms. The van der Waals surface area contributed by atoms with Gasteiger partial charge in [0.1, 0.15) is 0 Å². The number of fused-ring (bicyclic) bond motifs is 2. The van der Waals surface area contributed by atoms with Crippen LogP contribution in [0.3, 0.4) is 0 Å². The van der Waals surface area contributed by atoms with Crippen molar-refractivity contribution in [1.82, 2.24) is 25.2 Å². The van der Waals surface area contributed by atoms with Gasteiger partial charge < -0.3 is 10.3 Å². The molecule has 198 valence electrons. The number of nitrogens with one attached hydrogen (secondary N) is 3. The summed E-state index contributed by atoms with van der Waals surface area (Å²) < 4.78 is 1.99. The average Bonchev–Trinajstić information content (AvgIpc) is 3.60. The molecule has 0 radical (unpaired) electrons. The molecule has 0 fully saturated rings. The van der Waals surface area contributed by atoms with Crippen LogP contribution in [0, 0.1) is 0 Å². The van der Waals surface area contributed by atoms with Crippen molar-refractivity contribution in [3.8, 4) is 5.69 Å². The number of anilines is 1. The van der Waals surface area contributed by atoms with Crippen LogP contribution in [-0.4, -0.2) is 37.1 Å². The molecular weight excluding hydrogens is 518 g/mol. The molecular formula is C31H27N7OS. The van der Waals surface area contributed by atoms with Crippen molar-refractivity contribution in [2.45, 2.75) is 23.9 Å². The molecule has 1 atom stereocenters. The standard InChI is InChI=1S/C31H27N7OS/c1-21(30(39)36-34-19-23-18-32-27-16-8-7-15-26(23)27)40-31-37-35-29(38(31)24-12-3-2-4-13-24)20-33-28-17-9-11-22-10-5-6-14-25(22)28/h2-19,21,32-33H,20H2,1H3,(H,36,39)/b34-19-/t21-/m0/s1. The van der Waals surface area contributed by atoms with E-state index in [9.17, 15) is 4.79 Å². The predicted octanol–water partition coefficient (Wildman–Crippen LogP) is 6.14. The molecule has 9 heteroatoms. The smallest absolute Gasteiger partial charge is 0.253 e. The van der Waals surface area contributed by atoms with Crippen LogP contribution in [0.1, 0.15) is 18.3 Å². The van der Waals surface area contributed by atoms with Crippen LogP contribution in [-0.2, 0) is 11.3 Å². The lowest BCUT2D eigenvalue weighted by Crippen LogP contribution is -2.27. The average molecular weight is 546 g/mol. The number of rotatable bonds is 9.